The highest BCUT2D eigenvalue weighted by atomic mass is 79.9. The van der Waals surface area contributed by atoms with E-state index in [1.165, 1.54) is 18.2 Å². The molecule has 2 rings (SSSR count). The van der Waals surface area contributed by atoms with Gasteiger partial charge in [0.1, 0.15) is 5.82 Å². The van der Waals surface area contributed by atoms with Gasteiger partial charge in [0.25, 0.3) is 5.91 Å². The Hall–Kier alpha value is -1.72. The minimum Gasteiger partial charge on any atom is -0.374 e. The van der Waals surface area contributed by atoms with Crippen molar-refractivity contribution in [2.75, 3.05) is 13.2 Å². The number of nitrogens with one attached hydrogen (secondary N) is 1. The van der Waals surface area contributed by atoms with Gasteiger partial charge in [-0.3, -0.25) is 4.79 Å². The largest absolute Gasteiger partial charge is 0.374 e. The van der Waals surface area contributed by atoms with Gasteiger partial charge in [-0.2, -0.15) is 0 Å². The van der Waals surface area contributed by atoms with Crippen LogP contribution in [0.2, 0.25) is 0 Å². The lowest BCUT2D eigenvalue weighted by atomic mass is 10.1. The molecule has 0 heterocycles. The Bertz CT molecular complexity index is 649. The highest BCUT2D eigenvalue weighted by molar-refractivity contribution is 9.10. The number of halogens is 2. The van der Waals surface area contributed by atoms with E-state index >= 15 is 0 Å². The average molecular weight is 380 g/mol. The molecule has 23 heavy (non-hydrogen) atoms. The van der Waals surface area contributed by atoms with E-state index < -0.39 is 5.82 Å². The molecule has 0 aliphatic heterocycles. The highest BCUT2D eigenvalue weighted by Crippen LogP contribution is 2.18. The Kier molecular flexibility index (Phi) is 6.74. The monoisotopic (exact) mass is 379 g/mol. The van der Waals surface area contributed by atoms with Gasteiger partial charge < -0.3 is 10.1 Å². The molecule has 2 aromatic carbocycles. The van der Waals surface area contributed by atoms with E-state index in [0.717, 1.165) is 5.56 Å². The fourth-order valence-corrected chi connectivity index (χ4v) is 2.55. The van der Waals surface area contributed by atoms with Crippen LogP contribution in [-0.4, -0.2) is 19.1 Å². The fourth-order valence-electron chi connectivity index (χ4n) is 2.12. The molecular formula is C18H19BrFNO2. The van der Waals surface area contributed by atoms with E-state index in [4.69, 9.17) is 4.74 Å². The molecule has 0 aliphatic carbocycles. The van der Waals surface area contributed by atoms with E-state index in [1.807, 2.05) is 37.3 Å². The van der Waals surface area contributed by atoms with Gasteiger partial charge in [0.15, 0.2) is 0 Å². The molecule has 0 radical (unpaired) electrons. The second-order valence-electron chi connectivity index (χ2n) is 5.16. The van der Waals surface area contributed by atoms with Crippen LogP contribution in [-0.2, 0) is 4.74 Å². The lowest BCUT2D eigenvalue weighted by Gasteiger charge is -2.13. The number of hydrogen-bond donors (Lipinski definition) is 1. The van der Waals surface area contributed by atoms with E-state index in [9.17, 15) is 9.18 Å². The predicted molar refractivity (Wildman–Crippen MR) is 91.9 cm³/mol. The molecule has 122 valence electrons. The molecule has 0 bridgehead atoms. The molecule has 0 aliphatic rings. The fraction of sp³-hybridized carbons (Fsp3) is 0.278. The number of hydrogen-bond acceptors (Lipinski definition) is 2. The average Bonchev–Trinajstić information content (AvgIpc) is 2.57. The van der Waals surface area contributed by atoms with Gasteiger partial charge >= 0.3 is 0 Å². The Morgan fingerprint density at radius 2 is 2.00 bits per heavy atom. The van der Waals surface area contributed by atoms with Gasteiger partial charge in [0.2, 0.25) is 0 Å². The summed E-state index contributed by atoms with van der Waals surface area (Å²) in [4.78, 5) is 12.0. The Morgan fingerprint density at radius 3 is 2.74 bits per heavy atom. The first-order valence-corrected chi connectivity index (χ1v) is 8.27. The Labute approximate surface area is 144 Å². The lowest BCUT2D eigenvalue weighted by molar-refractivity contribution is 0.0635. The zero-order valence-corrected chi connectivity index (χ0v) is 14.5. The minimum atomic E-state index is -0.432. The molecule has 5 heteroatoms. The van der Waals surface area contributed by atoms with Crippen molar-refractivity contribution in [3.63, 3.8) is 0 Å². The highest BCUT2D eigenvalue weighted by Gasteiger charge is 2.10. The van der Waals surface area contributed by atoms with Crippen LogP contribution in [0, 0.1) is 5.82 Å². The van der Waals surface area contributed by atoms with Crippen LogP contribution < -0.4 is 5.32 Å². The predicted octanol–water partition coefficient (Wildman–Crippen LogP) is 4.49. The molecule has 2 aromatic rings. The zero-order chi connectivity index (χ0) is 16.7. The summed E-state index contributed by atoms with van der Waals surface area (Å²) in [5.41, 5.74) is 1.42. The summed E-state index contributed by atoms with van der Waals surface area (Å²) in [6, 6.07) is 14.0. The molecule has 0 fully saturated rings. The van der Waals surface area contributed by atoms with Crippen LogP contribution >= 0.6 is 15.9 Å². The Balaban J connectivity index is 1.71. The van der Waals surface area contributed by atoms with Crippen molar-refractivity contribution in [1.82, 2.24) is 5.32 Å². The van der Waals surface area contributed by atoms with Gasteiger partial charge in [-0.25, -0.2) is 4.39 Å². The van der Waals surface area contributed by atoms with Crippen LogP contribution in [0.4, 0.5) is 4.39 Å². The van der Waals surface area contributed by atoms with Crippen LogP contribution in [0.15, 0.2) is 53.0 Å². The zero-order valence-electron chi connectivity index (χ0n) is 12.9. The van der Waals surface area contributed by atoms with Gasteiger partial charge in [0, 0.05) is 17.6 Å². The third-order valence-corrected chi connectivity index (χ3v) is 4.11. The topological polar surface area (TPSA) is 38.3 Å². The maximum atomic E-state index is 13.2. The Morgan fingerprint density at radius 1 is 1.26 bits per heavy atom. The maximum Gasteiger partial charge on any atom is 0.252 e. The minimum absolute atomic E-state index is 0.0178. The van der Waals surface area contributed by atoms with Crippen molar-refractivity contribution >= 4 is 21.8 Å². The second kappa shape index (κ2) is 8.79. The summed E-state index contributed by atoms with van der Waals surface area (Å²) < 4.78 is 19.5. The summed E-state index contributed by atoms with van der Waals surface area (Å²) >= 11 is 3.25. The first-order chi connectivity index (χ1) is 11.1. The summed E-state index contributed by atoms with van der Waals surface area (Å²) in [5.74, 6) is -0.731. The van der Waals surface area contributed by atoms with E-state index in [1.54, 1.807) is 0 Å². The maximum absolute atomic E-state index is 13.2. The standard InChI is InChI=1S/C18H19BrFNO2/c1-13(14-6-3-2-4-7-14)23-11-5-10-21-18(22)16-12-15(20)8-9-17(16)19/h2-4,6-9,12-13H,5,10-11H2,1H3,(H,21,22). The third-order valence-electron chi connectivity index (χ3n) is 3.42. The number of carbonyl (C=O) groups excluding carboxylic acids is 1. The summed E-state index contributed by atoms with van der Waals surface area (Å²) in [6.07, 6.45) is 0.708. The molecule has 3 nitrogen and oxygen atoms in total. The van der Waals surface area contributed by atoms with Crippen LogP contribution in [0.3, 0.4) is 0 Å². The lowest BCUT2D eigenvalue weighted by Crippen LogP contribution is -2.25. The first-order valence-electron chi connectivity index (χ1n) is 7.47. The van der Waals surface area contributed by atoms with E-state index in [0.29, 0.717) is 29.6 Å². The third kappa shape index (κ3) is 5.44. The number of ether oxygens (including phenoxy) is 1. The normalized spacial score (nSPS) is 12.0. The van der Waals surface area contributed by atoms with Crippen molar-refractivity contribution < 1.29 is 13.9 Å². The van der Waals surface area contributed by atoms with Gasteiger partial charge in [0.05, 0.1) is 11.7 Å². The quantitative estimate of drug-likeness (QED) is 0.719. The molecule has 0 saturated heterocycles. The summed E-state index contributed by atoms with van der Waals surface area (Å²) in [6.45, 7) is 3.02. The SMILES string of the molecule is CC(OCCCNC(=O)c1cc(F)ccc1Br)c1ccccc1. The second-order valence-corrected chi connectivity index (χ2v) is 6.01. The molecule has 1 unspecified atom stereocenters. The summed E-state index contributed by atoms with van der Waals surface area (Å²) in [7, 11) is 0. The van der Waals surface area contributed by atoms with Gasteiger partial charge in [-0.15, -0.1) is 0 Å². The molecule has 0 aromatic heterocycles. The van der Waals surface area contributed by atoms with E-state index in [2.05, 4.69) is 21.2 Å². The van der Waals surface area contributed by atoms with Crippen LogP contribution in [0.5, 0.6) is 0 Å². The molecule has 0 spiro atoms. The molecular weight excluding hydrogens is 361 g/mol. The smallest absolute Gasteiger partial charge is 0.252 e. The van der Waals surface area contributed by atoms with Crippen LogP contribution in [0.1, 0.15) is 35.4 Å². The molecule has 1 atom stereocenters. The van der Waals surface area contributed by atoms with Gasteiger partial charge in [-0.1, -0.05) is 30.3 Å². The molecule has 1 amide bonds. The number of benzene rings is 2. The van der Waals surface area contributed by atoms with Crippen molar-refractivity contribution in [3.8, 4) is 0 Å². The number of amides is 1. The van der Waals surface area contributed by atoms with Crippen molar-refractivity contribution in [2.24, 2.45) is 0 Å². The van der Waals surface area contributed by atoms with Crippen molar-refractivity contribution in [1.29, 1.82) is 0 Å². The van der Waals surface area contributed by atoms with Gasteiger partial charge in [-0.05, 0) is 53.0 Å². The van der Waals surface area contributed by atoms with E-state index in [-0.39, 0.29) is 12.0 Å². The van der Waals surface area contributed by atoms with Crippen molar-refractivity contribution in [2.45, 2.75) is 19.4 Å². The number of rotatable bonds is 7. The van der Waals surface area contributed by atoms with Crippen molar-refractivity contribution in [3.05, 3.63) is 69.9 Å². The summed E-state index contributed by atoms with van der Waals surface area (Å²) in [5, 5.41) is 2.76. The first kappa shape index (κ1) is 17.6. The number of carbonyl (C=O) groups is 1. The molecule has 1 N–H and O–H groups in total. The molecule has 0 saturated carbocycles. The van der Waals surface area contributed by atoms with Crippen LogP contribution in [0.25, 0.3) is 0 Å².